The first-order valence-corrected chi connectivity index (χ1v) is 8.39. The Morgan fingerprint density at radius 1 is 1.14 bits per heavy atom. The summed E-state index contributed by atoms with van der Waals surface area (Å²) in [5.41, 5.74) is 3.83. The highest BCUT2D eigenvalue weighted by atomic mass is 79.9. The molecule has 0 aromatic heterocycles. The summed E-state index contributed by atoms with van der Waals surface area (Å²) < 4.78 is 7.54. The van der Waals surface area contributed by atoms with E-state index in [9.17, 15) is 0 Å². The fourth-order valence-electron chi connectivity index (χ4n) is 2.41. The van der Waals surface area contributed by atoms with Crippen molar-refractivity contribution in [1.82, 2.24) is 5.32 Å². The van der Waals surface area contributed by atoms with Crippen LogP contribution in [0.4, 0.5) is 0 Å². The molecular weight excluding hydrogens is 394 g/mol. The van der Waals surface area contributed by atoms with Gasteiger partial charge in [-0.1, -0.05) is 37.9 Å². The standard InChI is InChI=1S/C17H19Br2NO/c1-11-4-5-13(18)10-15(11)17(20-2)9-12-8-14(21-3)6-7-16(12)19/h4-8,10,17,20H,9H2,1-3H3. The predicted octanol–water partition coefficient (Wildman–Crippen LogP) is 5.03. The highest BCUT2D eigenvalue weighted by Gasteiger charge is 2.15. The third kappa shape index (κ3) is 4.09. The monoisotopic (exact) mass is 411 g/mol. The van der Waals surface area contributed by atoms with E-state index < -0.39 is 0 Å². The van der Waals surface area contributed by atoms with Crippen molar-refractivity contribution in [2.45, 2.75) is 19.4 Å². The van der Waals surface area contributed by atoms with Crippen LogP contribution in [0.2, 0.25) is 0 Å². The predicted molar refractivity (Wildman–Crippen MR) is 95.1 cm³/mol. The van der Waals surface area contributed by atoms with E-state index in [0.29, 0.717) is 0 Å². The summed E-state index contributed by atoms with van der Waals surface area (Å²) in [7, 11) is 3.69. The van der Waals surface area contributed by atoms with Gasteiger partial charge in [0.25, 0.3) is 0 Å². The molecule has 0 radical (unpaired) electrons. The Balaban J connectivity index is 2.33. The van der Waals surface area contributed by atoms with Gasteiger partial charge in [0.05, 0.1) is 7.11 Å². The lowest BCUT2D eigenvalue weighted by molar-refractivity contribution is 0.413. The second-order valence-corrected chi connectivity index (χ2v) is 6.77. The molecule has 1 atom stereocenters. The van der Waals surface area contributed by atoms with Crippen molar-refractivity contribution in [2.75, 3.05) is 14.2 Å². The third-order valence-electron chi connectivity index (χ3n) is 3.64. The Hall–Kier alpha value is -0.840. The van der Waals surface area contributed by atoms with Gasteiger partial charge in [-0.25, -0.2) is 0 Å². The van der Waals surface area contributed by atoms with Gasteiger partial charge in [0.15, 0.2) is 0 Å². The lowest BCUT2D eigenvalue weighted by Gasteiger charge is -2.20. The number of ether oxygens (including phenoxy) is 1. The quantitative estimate of drug-likeness (QED) is 0.743. The molecule has 0 saturated carbocycles. The van der Waals surface area contributed by atoms with Gasteiger partial charge < -0.3 is 10.1 Å². The summed E-state index contributed by atoms with van der Waals surface area (Å²) in [6.45, 7) is 2.15. The number of likely N-dealkylation sites (N-methyl/N-ethyl adjacent to an activating group) is 1. The minimum Gasteiger partial charge on any atom is -0.497 e. The number of methoxy groups -OCH3 is 1. The van der Waals surface area contributed by atoms with E-state index in [1.165, 1.54) is 16.7 Å². The number of aryl methyl sites for hydroxylation is 1. The summed E-state index contributed by atoms with van der Waals surface area (Å²) in [4.78, 5) is 0. The molecule has 0 saturated heterocycles. The first-order valence-electron chi connectivity index (χ1n) is 6.81. The molecule has 0 fully saturated rings. The highest BCUT2D eigenvalue weighted by Crippen LogP contribution is 2.29. The van der Waals surface area contributed by atoms with E-state index in [2.05, 4.69) is 68.4 Å². The smallest absolute Gasteiger partial charge is 0.119 e. The maximum atomic E-state index is 5.32. The lowest BCUT2D eigenvalue weighted by atomic mass is 9.95. The average molecular weight is 413 g/mol. The largest absolute Gasteiger partial charge is 0.497 e. The zero-order valence-corrected chi connectivity index (χ0v) is 15.6. The summed E-state index contributed by atoms with van der Waals surface area (Å²) in [6, 6.07) is 12.7. The molecule has 0 aliphatic heterocycles. The van der Waals surface area contributed by atoms with Crippen molar-refractivity contribution in [2.24, 2.45) is 0 Å². The molecule has 21 heavy (non-hydrogen) atoms. The molecule has 2 nitrogen and oxygen atoms in total. The summed E-state index contributed by atoms with van der Waals surface area (Å²) in [6.07, 6.45) is 0.894. The molecule has 0 aliphatic rings. The average Bonchev–Trinajstić information content (AvgIpc) is 2.49. The van der Waals surface area contributed by atoms with E-state index in [0.717, 1.165) is 21.1 Å². The van der Waals surface area contributed by atoms with E-state index >= 15 is 0 Å². The number of hydrogen-bond acceptors (Lipinski definition) is 2. The van der Waals surface area contributed by atoms with E-state index in [4.69, 9.17) is 4.74 Å². The van der Waals surface area contributed by atoms with E-state index in [-0.39, 0.29) is 6.04 Å². The zero-order valence-electron chi connectivity index (χ0n) is 12.4. The van der Waals surface area contributed by atoms with Crippen LogP contribution in [0.3, 0.4) is 0 Å². The molecule has 2 rings (SSSR count). The minimum absolute atomic E-state index is 0.255. The molecule has 112 valence electrons. The maximum absolute atomic E-state index is 5.32. The van der Waals surface area contributed by atoms with Gasteiger partial charge in [-0.2, -0.15) is 0 Å². The number of benzene rings is 2. The highest BCUT2D eigenvalue weighted by molar-refractivity contribution is 9.10. The second kappa shape index (κ2) is 7.43. The zero-order chi connectivity index (χ0) is 15.4. The van der Waals surface area contributed by atoms with Crippen LogP contribution in [-0.4, -0.2) is 14.2 Å². The van der Waals surface area contributed by atoms with E-state index in [1.807, 2.05) is 19.2 Å². The fourth-order valence-corrected chi connectivity index (χ4v) is 3.20. The number of nitrogens with one attached hydrogen (secondary N) is 1. The fraction of sp³-hybridized carbons (Fsp3) is 0.294. The van der Waals surface area contributed by atoms with Gasteiger partial charge in [0.1, 0.15) is 5.75 Å². The Labute approximate surface area is 143 Å². The molecular formula is C17H19Br2NO. The summed E-state index contributed by atoms with van der Waals surface area (Å²) in [5, 5.41) is 3.42. The maximum Gasteiger partial charge on any atom is 0.119 e. The van der Waals surface area contributed by atoms with Gasteiger partial charge in [0.2, 0.25) is 0 Å². The molecule has 1 unspecified atom stereocenters. The van der Waals surface area contributed by atoms with Gasteiger partial charge in [-0.15, -0.1) is 0 Å². The Kier molecular flexibility index (Phi) is 5.85. The van der Waals surface area contributed by atoms with Crippen LogP contribution < -0.4 is 10.1 Å². The van der Waals surface area contributed by atoms with E-state index in [1.54, 1.807) is 7.11 Å². The van der Waals surface area contributed by atoms with Crippen LogP contribution in [0.15, 0.2) is 45.3 Å². The van der Waals surface area contributed by atoms with Crippen molar-refractivity contribution in [3.63, 3.8) is 0 Å². The molecule has 0 heterocycles. The first-order chi connectivity index (χ1) is 10.0. The third-order valence-corrected chi connectivity index (χ3v) is 4.91. The molecule has 1 N–H and O–H groups in total. The molecule has 2 aromatic carbocycles. The summed E-state index contributed by atoms with van der Waals surface area (Å²) >= 11 is 7.19. The van der Waals surface area contributed by atoms with Gasteiger partial charge in [-0.3, -0.25) is 0 Å². The lowest BCUT2D eigenvalue weighted by Crippen LogP contribution is -2.20. The molecule has 2 aromatic rings. The topological polar surface area (TPSA) is 21.3 Å². The van der Waals surface area contributed by atoms with Crippen LogP contribution in [0.25, 0.3) is 0 Å². The van der Waals surface area contributed by atoms with Crippen LogP contribution in [0.1, 0.15) is 22.7 Å². The van der Waals surface area contributed by atoms with Crippen molar-refractivity contribution >= 4 is 31.9 Å². The molecule has 0 spiro atoms. The molecule has 0 bridgehead atoms. The van der Waals surface area contributed by atoms with Gasteiger partial charge in [0, 0.05) is 15.0 Å². The molecule has 0 amide bonds. The van der Waals surface area contributed by atoms with Crippen LogP contribution in [0.5, 0.6) is 5.75 Å². The normalized spacial score (nSPS) is 12.2. The van der Waals surface area contributed by atoms with Gasteiger partial charge >= 0.3 is 0 Å². The van der Waals surface area contributed by atoms with Crippen LogP contribution in [0, 0.1) is 6.92 Å². The van der Waals surface area contributed by atoms with Crippen molar-refractivity contribution in [3.05, 3.63) is 62.0 Å². The van der Waals surface area contributed by atoms with Crippen molar-refractivity contribution in [1.29, 1.82) is 0 Å². The first kappa shape index (κ1) is 16.5. The SMILES string of the molecule is CNC(Cc1cc(OC)ccc1Br)c1cc(Br)ccc1C. The minimum atomic E-state index is 0.255. The number of rotatable bonds is 5. The van der Waals surface area contributed by atoms with Gasteiger partial charge in [-0.05, 0) is 67.4 Å². The number of halogens is 2. The van der Waals surface area contributed by atoms with Crippen LogP contribution >= 0.6 is 31.9 Å². The molecule has 4 heteroatoms. The summed E-state index contributed by atoms with van der Waals surface area (Å²) in [5.74, 6) is 0.883. The Morgan fingerprint density at radius 3 is 2.57 bits per heavy atom. The molecule has 0 aliphatic carbocycles. The van der Waals surface area contributed by atoms with Crippen molar-refractivity contribution < 1.29 is 4.74 Å². The Morgan fingerprint density at radius 2 is 1.90 bits per heavy atom. The van der Waals surface area contributed by atoms with Crippen LogP contribution in [-0.2, 0) is 6.42 Å². The number of hydrogen-bond donors (Lipinski definition) is 1. The Bertz CT molecular complexity index is 628. The van der Waals surface area contributed by atoms with Crippen molar-refractivity contribution in [3.8, 4) is 5.75 Å². The second-order valence-electron chi connectivity index (χ2n) is 5.00.